The number of benzene rings is 4. The van der Waals surface area contributed by atoms with Crippen LogP contribution in [-0.2, 0) is 6.42 Å². The van der Waals surface area contributed by atoms with Crippen LogP contribution in [-0.4, -0.2) is 14.5 Å². The zero-order valence-electron chi connectivity index (χ0n) is 21.3. The first-order valence-electron chi connectivity index (χ1n) is 13.2. The number of aromatic nitrogens is 3. The molecule has 3 nitrogen and oxygen atoms in total. The number of para-hydroxylation sites is 1. The third-order valence-electron chi connectivity index (χ3n) is 7.38. The summed E-state index contributed by atoms with van der Waals surface area (Å²) in [4.78, 5) is 9.91. The molecule has 0 saturated heterocycles. The fourth-order valence-electron chi connectivity index (χ4n) is 5.49. The summed E-state index contributed by atoms with van der Waals surface area (Å²) in [6.45, 7) is 2.29. The van der Waals surface area contributed by atoms with Crippen molar-refractivity contribution in [3.05, 3.63) is 133 Å². The summed E-state index contributed by atoms with van der Waals surface area (Å²) in [5, 5.41) is 1.35. The van der Waals surface area contributed by atoms with Crippen LogP contribution in [0, 0.1) is 5.92 Å². The van der Waals surface area contributed by atoms with Gasteiger partial charge < -0.3 is 4.57 Å². The number of hydrogen-bond acceptors (Lipinski definition) is 2. The van der Waals surface area contributed by atoms with Crippen molar-refractivity contribution < 1.29 is 0 Å². The van der Waals surface area contributed by atoms with E-state index >= 15 is 0 Å². The highest BCUT2D eigenvalue weighted by molar-refractivity contribution is 5.91. The average Bonchev–Trinajstić information content (AvgIpc) is 3.31. The molecule has 3 heteroatoms. The molecule has 0 spiro atoms. The number of hydrogen-bond donors (Lipinski definition) is 0. The molecule has 2 aromatic heterocycles. The number of rotatable bonds is 4. The number of allylic oxidation sites excluding steroid dienone is 1. The molecule has 0 amide bonds. The predicted molar refractivity (Wildman–Crippen MR) is 157 cm³/mol. The van der Waals surface area contributed by atoms with Crippen molar-refractivity contribution in [1.29, 1.82) is 0 Å². The molecule has 1 aliphatic rings. The molecule has 182 valence electrons. The Hall–Kier alpha value is -4.76. The summed E-state index contributed by atoms with van der Waals surface area (Å²) in [5.41, 5.74) is 10.1. The second kappa shape index (κ2) is 9.28. The smallest absolute Gasteiger partial charge is 0.160 e. The topological polar surface area (TPSA) is 30.7 Å². The first-order chi connectivity index (χ1) is 18.7. The maximum atomic E-state index is 4.99. The maximum absolute atomic E-state index is 4.99. The van der Waals surface area contributed by atoms with Crippen LogP contribution in [0.15, 0.2) is 121 Å². The molecule has 0 aliphatic heterocycles. The van der Waals surface area contributed by atoms with E-state index in [0.29, 0.717) is 5.92 Å². The lowest BCUT2D eigenvalue weighted by atomic mass is 9.93. The Kier molecular flexibility index (Phi) is 5.48. The molecule has 7 rings (SSSR count). The second-order valence-corrected chi connectivity index (χ2v) is 10.00. The standard InChI is InChI=1S/C35H27N3/c1-24-16-21-34-30(22-24)29-14-8-9-15-33(29)38(34)28-19-17-26(18-20-28)32-23-31(25-10-4-2-5-11-25)36-35(37-32)27-12-6-3-7-13-27/h2-21,23-24H,22H2,1H3. The molecule has 1 unspecified atom stereocenters. The summed E-state index contributed by atoms with van der Waals surface area (Å²) < 4.78 is 2.39. The van der Waals surface area contributed by atoms with E-state index in [1.807, 2.05) is 36.4 Å². The molecular formula is C35H27N3. The fourth-order valence-corrected chi connectivity index (χ4v) is 5.49. The van der Waals surface area contributed by atoms with E-state index in [0.717, 1.165) is 46.0 Å². The monoisotopic (exact) mass is 489 g/mol. The zero-order chi connectivity index (χ0) is 25.5. The summed E-state index contributed by atoms with van der Waals surface area (Å²) >= 11 is 0. The van der Waals surface area contributed by atoms with Crippen LogP contribution >= 0.6 is 0 Å². The van der Waals surface area contributed by atoms with Crippen LogP contribution in [0.2, 0.25) is 0 Å². The normalized spacial score (nSPS) is 14.5. The Labute approximate surface area is 222 Å². The van der Waals surface area contributed by atoms with E-state index in [1.165, 1.54) is 22.2 Å². The fraction of sp³-hybridized carbons (Fsp3) is 0.0857. The predicted octanol–water partition coefficient (Wildman–Crippen LogP) is 8.63. The van der Waals surface area contributed by atoms with Crippen LogP contribution in [0.4, 0.5) is 0 Å². The third-order valence-corrected chi connectivity index (χ3v) is 7.38. The quantitative estimate of drug-likeness (QED) is 0.248. The van der Waals surface area contributed by atoms with Gasteiger partial charge in [-0.1, -0.05) is 104 Å². The van der Waals surface area contributed by atoms with E-state index in [1.54, 1.807) is 0 Å². The van der Waals surface area contributed by atoms with Crippen molar-refractivity contribution >= 4 is 17.0 Å². The Morgan fingerprint density at radius 3 is 1.97 bits per heavy atom. The van der Waals surface area contributed by atoms with Gasteiger partial charge in [-0.25, -0.2) is 9.97 Å². The van der Waals surface area contributed by atoms with Gasteiger partial charge in [-0.3, -0.25) is 0 Å². The third kappa shape index (κ3) is 3.93. The number of fused-ring (bicyclic) bond motifs is 3. The van der Waals surface area contributed by atoms with Crippen molar-refractivity contribution in [2.45, 2.75) is 13.3 Å². The minimum Gasteiger partial charge on any atom is -0.310 e. The van der Waals surface area contributed by atoms with Gasteiger partial charge in [0.2, 0.25) is 0 Å². The zero-order valence-corrected chi connectivity index (χ0v) is 21.3. The Morgan fingerprint density at radius 1 is 0.658 bits per heavy atom. The minimum absolute atomic E-state index is 0.555. The van der Waals surface area contributed by atoms with Crippen molar-refractivity contribution in [1.82, 2.24) is 14.5 Å². The molecule has 38 heavy (non-hydrogen) atoms. The van der Waals surface area contributed by atoms with E-state index in [2.05, 4.69) is 103 Å². The largest absolute Gasteiger partial charge is 0.310 e. The van der Waals surface area contributed by atoms with Gasteiger partial charge in [0.15, 0.2) is 5.82 Å². The van der Waals surface area contributed by atoms with Crippen molar-refractivity contribution in [3.8, 4) is 39.6 Å². The first kappa shape index (κ1) is 22.4. The van der Waals surface area contributed by atoms with Gasteiger partial charge in [0.05, 0.1) is 16.9 Å². The Balaban J connectivity index is 1.34. The van der Waals surface area contributed by atoms with Gasteiger partial charge in [-0.05, 0) is 48.2 Å². The van der Waals surface area contributed by atoms with Crippen LogP contribution in [0.25, 0.3) is 56.6 Å². The summed E-state index contributed by atoms with van der Waals surface area (Å²) in [6.07, 6.45) is 5.69. The molecule has 1 aliphatic carbocycles. The molecule has 2 heterocycles. The van der Waals surface area contributed by atoms with Crippen LogP contribution < -0.4 is 0 Å². The highest BCUT2D eigenvalue weighted by Gasteiger charge is 2.20. The van der Waals surface area contributed by atoms with Crippen LogP contribution in [0.3, 0.4) is 0 Å². The van der Waals surface area contributed by atoms with E-state index < -0.39 is 0 Å². The average molecular weight is 490 g/mol. The molecule has 0 fully saturated rings. The molecule has 1 atom stereocenters. The molecule has 0 radical (unpaired) electrons. The molecule has 0 N–H and O–H groups in total. The van der Waals surface area contributed by atoms with E-state index in [9.17, 15) is 0 Å². The Bertz CT molecular complexity index is 1720. The van der Waals surface area contributed by atoms with Gasteiger partial charge in [0.25, 0.3) is 0 Å². The van der Waals surface area contributed by atoms with Crippen molar-refractivity contribution in [3.63, 3.8) is 0 Å². The molecule has 6 aromatic rings. The summed E-state index contributed by atoms with van der Waals surface area (Å²) in [5.74, 6) is 1.29. The van der Waals surface area contributed by atoms with Gasteiger partial charge >= 0.3 is 0 Å². The van der Waals surface area contributed by atoms with Gasteiger partial charge in [0, 0.05) is 33.5 Å². The van der Waals surface area contributed by atoms with Crippen LogP contribution in [0.1, 0.15) is 18.2 Å². The highest BCUT2D eigenvalue weighted by Crippen LogP contribution is 2.36. The lowest BCUT2D eigenvalue weighted by molar-refractivity contribution is 0.718. The maximum Gasteiger partial charge on any atom is 0.160 e. The molecule has 0 saturated carbocycles. The summed E-state index contributed by atoms with van der Waals surface area (Å²) in [6, 6.07) is 40.1. The van der Waals surface area contributed by atoms with E-state index in [4.69, 9.17) is 9.97 Å². The number of nitrogens with zero attached hydrogens (tertiary/aromatic N) is 3. The van der Waals surface area contributed by atoms with Crippen LogP contribution in [0.5, 0.6) is 0 Å². The SMILES string of the molecule is CC1C=Cc2c(c3ccccc3n2-c2ccc(-c3cc(-c4ccccc4)nc(-c4ccccc4)n3)cc2)C1. The first-order valence-corrected chi connectivity index (χ1v) is 13.2. The van der Waals surface area contributed by atoms with E-state index in [-0.39, 0.29) is 0 Å². The van der Waals surface area contributed by atoms with Gasteiger partial charge in [0.1, 0.15) is 0 Å². The van der Waals surface area contributed by atoms with Gasteiger partial charge in [-0.2, -0.15) is 0 Å². The van der Waals surface area contributed by atoms with Gasteiger partial charge in [-0.15, -0.1) is 0 Å². The Morgan fingerprint density at radius 2 is 1.26 bits per heavy atom. The lowest BCUT2D eigenvalue weighted by Gasteiger charge is -2.16. The molecular weight excluding hydrogens is 462 g/mol. The lowest BCUT2D eigenvalue weighted by Crippen LogP contribution is -2.05. The van der Waals surface area contributed by atoms with Crippen molar-refractivity contribution in [2.24, 2.45) is 5.92 Å². The molecule has 0 bridgehead atoms. The van der Waals surface area contributed by atoms with Crippen molar-refractivity contribution in [2.75, 3.05) is 0 Å². The second-order valence-electron chi connectivity index (χ2n) is 10.00. The molecule has 4 aromatic carbocycles. The minimum atomic E-state index is 0.555. The summed E-state index contributed by atoms with van der Waals surface area (Å²) in [7, 11) is 0. The highest BCUT2D eigenvalue weighted by atomic mass is 15.0.